The second-order valence-electron chi connectivity index (χ2n) is 8.52. The van der Waals surface area contributed by atoms with Crippen LogP contribution < -0.4 is 14.4 Å². The van der Waals surface area contributed by atoms with Gasteiger partial charge in [-0.1, -0.05) is 51.1 Å². The molecule has 0 aliphatic carbocycles. The van der Waals surface area contributed by atoms with E-state index in [-0.39, 0.29) is 5.91 Å². The van der Waals surface area contributed by atoms with Gasteiger partial charge in [0.25, 0.3) is 5.91 Å². The first-order valence-electron chi connectivity index (χ1n) is 10.8. The summed E-state index contributed by atoms with van der Waals surface area (Å²) in [6.45, 7) is 4.05. The molecule has 0 radical (unpaired) electrons. The Kier molecular flexibility index (Phi) is 6.04. The summed E-state index contributed by atoms with van der Waals surface area (Å²) < 4.78 is 11.7. The zero-order chi connectivity index (χ0) is 24.7. The molecule has 1 aromatic heterocycles. The molecule has 0 bridgehead atoms. The SMILES string of the molecule is COc1ccc(C(=O)N2c3ccc(OC(=O)c4ccccc4)cc3-c3c(ssc3=S)C2(C)C)cc1. The average molecular weight is 520 g/mol. The molecule has 8 heteroatoms. The third kappa shape index (κ3) is 4.07. The van der Waals surface area contributed by atoms with Crippen molar-refractivity contribution in [1.82, 2.24) is 0 Å². The van der Waals surface area contributed by atoms with Crippen molar-refractivity contribution in [3.63, 3.8) is 0 Å². The largest absolute Gasteiger partial charge is 0.497 e. The molecule has 4 aromatic rings. The fourth-order valence-electron chi connectivity index (χ4n) is 4.24. The molecule has 0 N–H and O–H groups in total. The van der Waals surface area contributed by atoms with E-state index in [0.29, 0.717) is 22.6 Å². The van der Waals surface area contributed by atoms with Gasteiger partial charge in [0.05, 0.1) is 28.8 Å². The first kappa shape index (κ1) is 23.4. The Hall–Kier alpha value is -3.33. The quantitative estimate of drug-likeness (QED) is 0.122. The van der Waals surface area contributed by atoms with Crippen molar-refractivity contribution in [2.75, 3.05) is 12.0 Å². The monoisotopic (exact) mass is 519 g/mol. The maximum absolute atomic E-state index is 13.8. The normalized spacial score (nSPS) is 13.5. The lowest BCUT2D eigenvalue weighted by atomic mass is 9.86. The maximum Gasteiger partial charge on any atom is 0.343 e. The van der Waals surface area contributed by atoms with Crippen LogP contribution in [0.4, 0.5) is 5.69 Å². The number of amides is 1. The number of fused-ring (bicyclic) bond motifs is 3. The van der Waals surface area contributed by atoms with Crippen LogP contribution in [0.3, 0.4) is 0 Å². The zero-order valence-corrected chi connectivity index (χ0v) is 21.7. The molecule has 5 rings (SSSR count). The van der Waals surface area contributed by atoms with Crippen LogP contribution >= 0.6 is 32.9 Å². The minimum absolute atomic E-state index is 0.136. The molecule has 0 spiro atoms. The molecular weight excluding hydrogens is 499 g/mol. The van der Waals surface area contributed by atoms with E-state index >= 15 is 0 Å². The Morgan fingerprint density at radius 3 is 2.26 bits per heavy atom. The number of ether oxygens (including phenoxy) is 2. The molecule has 0 unspecified atom stereocenters. The molecule has 1 amide bonds. The van der Waals surface area contributed by atoms with Gasteiger partial charge in [-0.05, 0) is 68.4 Å². The van der Waals surface area contributed by atoms with Crippen LogP contribution in [0, 0.1) is 3.82 Å². The highest BCUT2D eigenvalue weighted by atomic mass is 32.9. The summed E-state index contributed by atoms with van der Waals surface area (Å²) in [5.74, 6) is 0.497. The third-order valence-electron chi connectivity index (χ3n) is 5.98. The lowest BCUT2D eigenvalue weighted by Gasteiger charge is -2.43. The van der Waals surface area contributed by atoms with Gasteiger partial charge in [0.15, 0.2) is 0 Å². The van der Waals surface area contributed by atoms with Gasteiger partial charge in [-0.3, -0.25) is 9.69 Å². The summed E-state index contributed by atoms with van der Waals surface area (Å²) in [5, 5.41) is 0. The van der Waals surface area contributed by atoms with E-state index in [9.17, 15) is 9.59 Å². The molecule has 0 atom stereocenters. The fourth-order valence-corrected chi connectivity index (χ4v) is 7.52. The van der Waals surface area contributed by atoms with Crippen LogP contribution in [-0.2, 0) is 5.54 Å². The van der Waals surface area contributed by atoms with E-state index in [1.54, 1.807) is 83.0 Å². The van der Waals surface area contributed by atoms with Crippen molar-refractivity contribution in [1.29, 1.82) is 0 Å². The molecule has 1 aliphatic heterocycles. The Balaban J connectivity index is 1.60. The molecule has 0 saturated carbocycles. The molecular formula is C27H21NO4S3. The lowest BCUT2D eigenvalue weighted by molar-refractivity contribution is 0.0734. The molecule has 5 nitrogen and oxygen atoms in total. The molecule has 0 saturated heterocycles. The van der Waals surface area contributed by atoms with Gasteiger partial charge in [0.2, 0.25) is 0 Å². The summed E-state index contributed by atoms with van der Waals surface area (Å²) in [7, 11) is 4.68. The second-order valence-corrected chi connectivity index (χ2v) is 11.3. The predicted octanol–water partition coefficient (Wildman–Crippen LogP) is 7.33. The van der Waals surface area contributed by atoms with Gasteiger partial charge >= 0.3 is 5.97 Å². The van der Waals surface area contributed by atoms with E-state index in [0.717, 1.165) is 25.5 Å². The van der Waals surface area contributed by atoms with E-state index in [1.807, 2.05) is 26.0 Å². The number of carbonyl (C=O) groups excluding carboxylic acids is 2. The number of rotatable bonds is 4. The second kappa shape index (κ2) is 9.03. The van der Waals surface area contributed by atoms with Crippen LogP contribution in [0.1, 0.15) is 39.4 Å². The van der Waals surface area contributed by atoms with E-state index in [1.165, 1.54) is 10.3 Å². The van der Waals surface area contributed by atoms with Crippen LogP contribution in [0.15, 0.2) is 72.8 Å². The molecule has 35 heavy (non-hydrogen) atoms. The van der Waals surface area contributed by atoms with Crippen molar-refractivity contribution in [2.45, 2.75) is 19.4 Å². The third-order valence-corrected chi connectivity index (χ3v) is 9.31. The number of benzene rings is 3. The van der Waals surface area contributed by atoms with Crippen molar-refractivity contribution in [3.8, 4) is 22.6 Å². The molecule has 176 valence electrons. The Morgan fingerprint density at radius 2 is 1.57 bits per heavy atom. The van der Waals surface area contributed by atoms with E-state index < -0.39 is 11.5 Å². The predicted molar refractivity (Wildman–Crippen MR) is 143 cm³/mol. The summed E-state index contributed by atoms with van der Waals surface area (Å²) in [4.78, 5) is 29.3. The van der Waals surface area contributed by atoms with Gasteiger partial charge < -0.3 is 9.47 Å². The average Bonchev–Trinajstić information content (AvgIpc) is 3.27. The minimum atomic E-state index is -0.625. The Morgan fingerprint density at radius 1 is 0.886 bits per heavy atom. The van der Waals surface area contributed by atoms with Crippen LogP contribution in [-0.4, -0.2) is 19.0 Å². The maximum atomic E-state index is 13.8. The molecule has 2 heterocycles. The standard InChI is InChI=1S/C27H21NO4S3/c1-27(2)23-22(26(33)35-34-23)20-15-19(32-25(30)17-7-5-4-6-8-17)13-14-21(20)28(27)24(29)16-9-11-18(31-3)12-10-16/h4-15H,1-3H3. The highest BCUT2D eigenvalue weighted by Crippen LogP contribution is 2.53. The first-order chi connectivity index (χ1) is 16.8. The van der Waals surface area contributed by atoms with Crippen LogP contribution in [0.2, 0.25) is 0 Å². The summed E-state index contributed by atoms with van der Waals surface area (Å²) in [6, 6.07) is 21.2. The van der Waals surface area contributed by atoms with Crippen molar-refractivity contribution < 1.29 is 19.1 Å². The highest BCUT2D eigenvalue weighted by molar-refractivity contribution is 7.80. The minimum Gasteiger partial charge on any atom is -0.497 e. The fraction of sp³-hybridized carbons (Fsp3) is 0.148. The summed E-state index contributed by atoms with van der Waals surface area (Å²) in [5.41, 5.74) is 2.81. The van der Waals surface area contributed by atoms with Crippen molar-refractivity contribution in [2.24, 2.45) is 0 Å². The van der Waals surface area contributed by atoms with Crippen LogP contribution in [0.5, 0.6) is 11.5 Å². The van der Waals surface area contributed by atoms with Gasteiger partial charge in [-0.2, -0.15) is 0 Å². The number of nitrogens with zero attached hydrogens (tertiary/aromatic N) is 1. The smallest absolute Gasteiger partial charge is 0.343 e. The zero-order valence-electron chi connectivity index (χ0n) is 19.2. The Bertz CT molecular complexity index is 1490. The van der Waals surface area contributed by atoms with E-state index in [4.69, 9.17) is 21.7 Å². The Labute approximate surface area is 215 Å². The number of esters is 1. The highest BCUT2D eigenvalue weighted by Gasteiger charge is 2.43. The topological polar surface area (TPSA) is 55.8 Å². The number of hydrogen-bond donors (Lipinski definition) is 0. The molecule has 1 aliphatic rings. The number of anilines is 1. The van der Waals surface area contributed by atoms with Crippen LogP contribution in [0.25, 0.3) is 11.1 Å². The first-order valence-corrected chi connectivity index (χ1v) is 13.4. The number of methoxy groups -OCH3 is 1. The number of carbonyl (C=O) groups is 2. The van der Waals surface area contributed by atoms with Gasteiger partial charge in [0.1, 0.15) is 15.3 Å². The summed E-state index contributed by atoms with van der Waals surface area (Å²) >= 11 is 5.69. The lowest BCUT2D eigenvalue weighted by Crippen LogP contribution is -2.47. The van der Waals surface area contributed by atoms with Crippen molar-refractivity contribution >= 4 is 50.5 Å². The molecule has 3 aromatic carbocycles. The van der Waals surface area contributed by atoms with Crippen molar-refractivity contribution in [3.05, 3.63) is 92.6 Å². The van der Waals surface area contributed by atoms with Gasteiger partial charge in [-0.15, -0.1) is 0 Å². The molecule has 0 fully saturated rings. The summed E-state index contributed by atoms with van der Waals surface area (Å²) in [6.07, 6.45) is 0. The van der Waals surface area contributed by atoms with Gasteiger partial charge in [0, 0.05) is 16.7 Å². The van der Waals surface area contributed by atoms with Gasteiger partial charge in [-0.25, -0.2) is 4.79 Å². The number of hydrogen-bond acceptors (Lipinski definition) is 7. The van der Waals surface area contributed by atoms with E-state index in [2.05, 4.69) is 0 Å².